The van der Waals surface area contributed by atoms with Crippen LogP contribution in [0.1, 0.15) is 69.6 Å². The van der Waals surface area contributed by atoms with Gasteiger partial charge in [0.1, 0.15) is 6.79 Å². The third-order valence-electron chi connectivity index (χ3n) is 5.53. The van der Waals surface area contributed by atoms with Crippen LogP contribution in [0.3, 0.4) is 0 Å². The Morgan fingerprint density at radius 1 is 1.07 bits per heavy atom. The summed E-state index contributed by atoms with van der Waals surface area (Å²) in [5, 5.41) is 7.30. The zero-order chi connectivity index (χ0) is 31.5. The third kappa shape index (κ3) is 14.7. The number of allylic oxidation sites excluding steroid dienone is 1. The maximum atomic E-state index is 9.86. The van der Waals surface area contributed by atoms with Gasteiger partial charge in [-0.2, -0.15) is 0 Å². The minimum absolute atomic E-state index is 0.352. The Morgan fingerprint density at radius 2 is 1.73 bits per heavy atom. The number of halogens is 2. The van der Waals surface area contributed by atoms with Gasteiger partial charge in [-0.3, -0.25) is 4.79 Å². The standard InChI is InChI=1S/C22H22Cl2N2S.C7H16N2O.C2H6.CH2O/c1-13(9-22-14(2)8-15(3)26-22)19-11-18(5-7-21(19)25)27-12-16-10-17(23)4-6-20(16)24;1-6(2)9-7(3)4-8-5-10;2*1-2/h4-11,26H,12,25H2,1-3H3;5-7,9H,4H2,1-3H3,(H,8,10);1-2H3;1H2/b13-9+;;;. The summed E-state index contributed by atoms with van der Waals surface area (Å²) in [6.07, 6.45) is 2.87. The van der Waals surface area contributed by atoms with Crippen LogP contribution in [-0.4, -0.2) is 36.8 Å². The Balaban J connectivity index is 0.000000965. The number of rotatable bonds is 10. The molecule has 3 rings (SSSR count). The lowest BCUT2D eigenvalue weighted by molar-refractivity contribution is -0.109. The van der Waals surface area contributed by atoms with E-state index in [1.807, 2.05) is 51.8 Å². The van der Waals surface area contributed by atoms with Gasteiger partial charge >= 0.3 is 0 Å². The topological polar surface area (TPSA) is 100 Å². The van der Waals surface area contributed by atoms with Crippen molar-refractivity contribution in [2.45, 2.75) is 78.1 Å². The fourth-order valence-electron chi connectivity index (χ4n) is 3.83. The summed E-state index contributed by atoms with van der Waals surface area (Å²) in [6, 6.07) is 14.7. The van der Waals surface area contributed by atoms with Gasteiger partial charge in [0.25, 0.3) is 0 Å². The molecule has 3 aromatic rings. The predicted molar refractivity (Wildman–Crippen MR) is 181 cm³/mol. The molecule has 0 radical (unpaired) electrons. The Morgan fingerprint density at radius 3 is 2.29 bits per heavy atom. The number of H-pyrrole nitrogens is 1. The second-order valence-corrected chi connectivity index (χ2v) is 11.3. The van der Waals surface area contributed by atoms with Crippen molar-refractivity contribution in [2.75, 3.05) is 12.3 Å². The van der Waals surface area contributed by atoms with E-state index >= 15 is 0 Å². The van der Waals surface area contributed by atoms with E-state index in [1.54, 1.807) is 17.8 Å². The van der Waals surface area contributed by atoms with E-state index in [9.17, 15) is 4.79 Å². The number of aromatic nitrogens is 1. The number of carbonyl (C=O) groups is 2. The molecule has 0 fully saturated rings. The van der Waals surface area contributed by atoms with Crippen molar-refractivity contribution in [1.29, 1.82) is 0 Å². The van der Waals surface area contributed by atoms with Crippen LogP contribution in [0.4, 0.5) is 5.69 Å². The quantitative estimate of drug-likeness (QED) is 0.104. The highest BCUT2D eigenvalue weighted by molar-refractivity contribution is 7.98. The summed E-state index contributed by atoms with van der Waals surface area (Å²) < 4.78 is 0. The van der Waals surface area contributed by atoms with Crippen molar-refractivity contribution in [2.24, 2.45) is 0 Å². The lowest BCUT2D eigenvalue weighted by Crippen LogP contribution is -2.39. The molecule has 0 bridgehead atoms. The van der Waals surface area contributed by atoms with Crippen LogP contribution in [0.25, 0.3) is 11.6 Å². The number of carbonyl (C=O) groups excluding carboxylic acids is 2. The Kier molecular flexibility index (Phi) is 19.7. The molecule has 5 N–H and O–H groups in total. The zero-order valence-corrected chi connectivity index (χ0v) is 27.9. The first kappa shape index (κ1) is 38.3. The van der Waals surface area contributed by atoms with E-state index in [0.717, 1.165) is 55.9 Å². The molecule has 0 aliphatic heterocycles. The summed E-state index contributed by atoms with van der Waals surface area (Å²) in [6.45, 7) is 19.1. The summed E-state index contributed by atoms with van der Waals surface area (Å²) >= 11 is 14.1. The number of hydrogen-bond donors (Lipinski definition) is 4. The lowest BCUT2D eigenvalue weighted by atomic mass is 10.0. The minimum atomic E-state index is 0.352. The second-order valence-electron chi connectivity index (χ2n) is 9.40. The first-order chi connectivity index (χ1) is 19.5. The smallest absolute Gasteiger partial charge is 0.207 e. The monoisotopic (exact) mass is 620 g/mol. The Bertz CT molecular complexity index is 1230. The number of benzene rings is 2. The van der Waals surface area contributed by atoms with Gasteiger partial charge in [-0.25, -0.2) is 0 Å². The van der Waals surface area contributed by atoms with Crippen molar-refractivity contribution >= 4 is 65.5 Å². The van der Waals surface area contributed by atoms with E-state index < -0.39 is 0 Å². The molecule has 0 aliphatic carbocycles. The van der Waals surface area contributed by atoms with Gasteiger partial charge in [0.05, 0.1) is 0 Å². The molecule has 41 heavy (non-hydrogen) atoms. The van der Waals surface area contributed by atoms with E-state index in [2.05, 4.69) is 68.4 Å². The van der Waals surface area contributed by atoms with Gasteiger partial charge in [-0.15, -0.1) is 11.8 Å². The highest BCUT2D eigenvalue weighted by Gasteiger charge is 2.08. The summed E-state index contributed by atoms with van der Waals surface area (Å²) in [7, 11) is 0. The van der Waals surface area contributed by atoms with Crippen LogP contribution >= 0.6 is 35.0 Å². The van der Waals surface area contributed by atoms with Crippen molar-refractivity contribution in [3.05, 3.63) is 80.6 Å². The molecule has 1 aromatic heterocycles. The molecule has 0 spiro atoms. The first-order valence-electron chi connectivity index (χ1n) is 13.5. The molecule has 0 saturated heterocycles. The zero-order valence-electron chi connectivity index (χ0n) is 25.5. The molecule has 0 aliphatic rings. The molecule has 9 heteroatoms. The molecule has 0 saturated carbocycles. The largest absolute Gasteiger partial charge is 0.398 e. The van der Waals surface area contributed by atoms with Crippen molar-refractivity contribution in [1.82, 2.24) is 15.6 Å². The van der Waals surface area contributed by atoms with E-state index in [-0.39, 0.29) is 0 Å². The highest BCUT2D eigenvalue weighted by Crippen LogP contribution is 2.33. The first-order valence-corrected chi connectivity index (χ1v) is 15.3. The molecule has 2 aromatic carbocycles. The van der Waals surface area contributed by atoms with Gasteiger partial charge in [0.15, 0.2) is 0 Å². The van der Waals surface area contributed by atoms with Gasteiger partial charge < -0.3 is 26.1 Å². The number of anilines is 1. The molecular formula is C32H46Cl2N4O2S. The molecule has 6 nitrogen and oxygen atoms in total. The maximum Gasteiger partial charge on any atom is 0.207 e. The molecule has 1 atom stereocenters. The normalized spacial score (nSPS) is 11.2. The summed E-state index contributed by atoms with van der Waals surface area (Å²) in [5.41, 5.74) is 13.7. The average molecular weight is 622 g/mol. The van der Waals surface area contributed by atoms with E-state index in [0.29, 0.717) is 23.7 Å². The molecule has 1 heterocycles. The number of hydrogen-bond acceptors (Lipinski definition) is 5. The number of aryl methyl sites for hydroxylation is 2. The second kappa shape index (κ2) is 21.1. The van der Waals surface area contributed by atoms with Crippen LogP contribution < -0.4 is 16.4 Å². The molecule has 1 unspecified atom stereocenters. The molecular weight excluding hydrogens is 575 g/mol. The average Bonchev–Trinajstić information content (AvgIpc) is 3.26. The fourth-order valence-corrected chi connectivity index (χ4v) is 5.21. The van der Waals surface area contributed by atoms with Crippen LogP contribution in [0, 0.1) is 13.8 Å². The number of nitrogens with two attached hydrogens (primary N) is 1. The summed E-state index contributed by atoms with van der Waals surface area (Å²) in [4.78, 5) is 22.4. The van der Waals surface area contributed by atoms with E-state index in [4.69, 9.17) is 33.7 Å². The van der Waals surface area contributed by atoms with Gasteiger partial charge in [-0.05, 0) is 92.9 Å². The van der Waals surface area contributed by atoms with Crippen LogP contribution in [0.15, 0.2) is 47.4 Å². The third-order valence-corrected chi connectivity index (χ3v) is 7.17. The molecule has 1 amide bonds. The fraction of sp³-hybridized carbons (Fsp3) is 0.375. The maximum absolute atomic E-state index is 9.86. The summed E-state index contributed by atoms with van der Waals surface area (Å²) in [5.74, 6) is 0.750. The van der Waals surface area contributed by atoms with Crippen molar-refractivity contribution in [3.63, 3.8) is 0 Å². The van der Waals surface area contributed by atoms with Crippen LogP contribution in [-0.2, 0) is 15.3 Å². The number of nitrogens with one attached hydrogen (secondary N) is 3. The number of thioether (sulfide) groups is 1. The SMILES string of the molecule is C/C(=C\c1[nH]c(C)cc1C)c1cc(SCc2cc(Cl)ccc2Cl)ccc1N.C=O.CC.CC(C)NC(C)CNC=O. The van der Waals surface area contributed by atoms with Gasteiger partial charge in [-0.1, -0.05) is 50.9 Å². The number of aromatic amines is 1. The van der Waals surface area contributed by atoms with Crippen LogP contribution in [0.2, 0.25) is 10.0 Å². The van der Waals surface area contributed by atoms with Gasteiger partial charge in [0.2, 0.25) is 6.41 Å². The predicted octanol–water partition coefficient (Wildman–Crippen LogP) is 8.33. The minimum Gasteiger partial charge on any atom is -0.398 e. The van der Waals surface area contributed by atoms with Crippen molar-refractivity contribution in [3.8, 4) is 0 Å². The van der Waals surface area contributed by atoms with Crippen LogP contribution in [0.5, 0.6) is 0 Å². The Hall–Kier alpha value is -2.71. The van der Waals surface area contributed by atoms with E-state index in [1.165, 1.54) is 5.56 Å². The van der Waals surface area contributed by atoms with Gasteiger partial charge in [0, 0.05) is 62.0 Å². The highest BCUT2D eigenvalue weighted by atomic mass is 35.5. The number of amides is 1. The Labute approximate surface area is 260 Å². The van der Waals surface area contributed by atoms with Crippen molar-refractivity contribution < 1.29 is 9.59 Å². The lowest BCUT2D eigenvalue weighted by Gasteiger charge is -2.15. The molecule has 226 valence electrons. The number of nitrogen functional groups attached to an aromatic ring is 1.